The molecule has 32 heavy (non-hydrogen) atoms. The minimum atomic E-state index is -0.521. The number of ketones is 1. The molecule has 8 heteroatoms. The first-order chi connectivity index (χ1) is 15.4. The Labute approximate surface area is 182 Å². The maximum Gasteiger partial charge on any atom is 0.332 e. The summed E-state index contributed by atoms with van der Waals surface area (Å²) < 4.78 is 13.1. The predicted molar refractivity (Wildman–Crippen MR) is 120 cm³/mol. The van der Waals surface area contributed by atoms with Crippen molar-refractivity contribution in [2.75, 3.05) is 14.2 Å². The van der Waals surface area contributed by atoms with Gasteiger partial charge in [-0.3, -0.25) is 18.7 Å². The van der Waals surface area contributed by atoms with E-state index in [0.29, 0.717) is 45.0 Å². The largest absolute Gasteiger partial charge is 0.493 e. The molecule has 0 atom stereocenters. The molecule has 160 valence electrons. The third-order valence-electron chi connectivity index (χ3n) is 5.91. The molecule has 2 aromatic carbocycles. The molecule has 0 saturated heterocycles. The number of ether oxygens (including phenoxy) is 2. The van der Waals surface area contributed by atoms with E-state index in [4.69, 9.17) is 9.47 Å². The first kappa shape index (κ1) is 19.7. The first-order valence-electron chi connectivity index (χ1n) is 9.89. The summed E-state index contributed by atoms with van der Waals surface area (Å²) >= 11 is 0. The first-order valence-corrected chi connectivity index (χ1v) is 9.89. The Morgan fingerprint density at radius 2 is 1.50 bits per heavy atom. The molecule has 2 heterocycles. The lowest BCUT2D eigenvalue weighted by molar-refractivity contribution is 0.104. The van der Waals surface area contributed by atoms with Crippen molar-refractivity contribution in [2.45, 2.75) is 0 Å². The summed E-state index contributed by atoms with van der Waals surface area (Å²) in [6.45, 7) is 0. The molecule has 0 saturated carbocycles. The Hall–Kier alpha value is -4.20. The second-order valence-corrected chi connectivity index (χ2v) is 7.56. The van der Waals surface area contributed by atoms with Gasteiger partial charge in [-0.1, -0.05) is 30.3 Å². The Kier molecular flexibility index (Phi) is 4.27. The van der Waals surface area contributed by atoms with Crippen LogP contribution in [0.25, 0.3) is 33.4 Å². The van der Waals surface area contributed by atoms with Crippen molar-refractivity contribution in [3.8, 4) is 33.9 Å². The number of aryl methyl sites for hydroxylation is 1. The lowest BCUT2D eigenvalue weighted by Crippen LogP contribution is -2.37. The fourth-order valence-electron chi connectivity index (χ4n) is 4.31. The molecule has 1 aliphatic rings. The van der Waals surface area contributed by atoms with E-state index in [9.17, 15) is 14.4 Å². The molecule has 0 amide bonds. The van der Waals surface area contributed by atoms with Gasteiger partial charge in [-0.05, 0) is 17.7 Å². The second-order valence-electron chi connectivity index (χ2n) is 7.56. The van der Waals surface area contributed by atoms with Crippen LogP contribution in [-0.2, 0) is 14.1 Å². The van der Waals surface area contributed by atoms with E-state index in [-0.39, 0.29) is 16.8 Å². The van der Waals surface area contributed by atoms with E-state index in [0.717, 1.165) is 4.57 Å². The van der Waals surface area contributed by atoms with Crippen molar-refractivity contribution < 1.29 is 14.3 Å². The number of pyridine rings is 1. The van der Waals surface area contributed by atoms with Gasteiger partial charge in [0, 0.05) is 30.8 Å². The van der Waals surface area contributed by atoms with E-state index in [1.165, 1.54) is 25.8 Å². The van der Waals surface area contributed by atoms with Crippen LogP contribution in [-0.4, -0.2) is 34.1 Å². The Bertz CT molecular complexity index is 1580. The van der Waals surface area contributed by atoms with Gasteiger partial charge in [-0.2, -0.15) is 0 Å². The van der Waals surface area contributed by atoms with Gasteiger partial charge in [-0.25, -0.2) is 9.78 Å². The SMILES string of the molecule is COc1ccc(-c2c3c(nc4c2c(=O)n(C)c(=O)n4C)-c2ccccc2C3=O)cc1OC. The molecule has 8 nitrogen and oxygen atoms in total. The van der Waals surface area contributed by atoms with Crippen LogP contribution in [0.1, 0.15) is 15.9 Å². The van der Waals surface area contributed by atoms with Gasteiger partial charge in [0.1, 0.15) is 0 Å². The number of methoxy groups -OCH3 is 2. The number of aromatic nitrogens is 3. The maximum atomic E-state index is 13.5. The standard InChI is InChI=1S/C24H19N3O5/c1-26-22-19(23(29)27(2)24(26)30)17(12-9-10-15(31-3)16(11-12)32-4)18-20(25-22)13-7-5-6-8-14(13)21(18)28/h5-11H,1-4H3. The van der Waals surface area contributed by atoms with Gasteiger partial charge in [0.25, 0.3) is 5.56 Å². The number of nitrogens with zero attached hydrogens (tertiary/aromatic N) is 3. The number of benzene rings is 2. The zero-order valence-electron chi connectivity index (χ0n) is 17.9. The van der Waals surface area contributed by atoms with Crippen LogP contribution in [0.15, 0.2) is 52.1 Å². The lowest BCUT2D eigenvalue weighted by Gasteiger charge is -2.16. The second kappa shape index (κ2) is 6.91. The molecule has 0 spiro atoms. The number of fused-ring (bicyclic) bond motifs is 4. The van der Waals surface area contributed by atoms with Crippen LogP contribution in [0.5, 0.6) is 11.5 Å². The number of hydrogen-bond donors (Lipinski definition) is 0. The average Bonchev–Trinajstić information content (AvgIpc) is 3.11. The maximum absolute atomic E-state index is 13.5. The topological polar surface area (TPSA) is 92.4 Å². The van der Waals surface area contributed by atoms with Crippen molar-refractivity contribution in [3.63, 3.8) is 0 Å². The number of hydrogen-bond acceptors (Lipinski definition) is 6. The van der Waals surface area contributed by atoms with E-state index >= 15 is 0 Å². The molecule has 0 radical (unpaired) electrons. The van der Waals surface area contributed by atoms with Crippen LogP contribution in [0.4, 0.5) is 0 Å². The molecule has 2 aromatic heterocycles. The third-order valence-corrected chi connectivity index (χ3v) is 5.91. The van der Waals surface area contributed by atoms with Gasteiger partial charge in [0.2, 0.25) is 0 Å². The van der Waals surface area contributed by atoms with Crippen molar-refractivity contribution in [1.82, 2.24) is 14.1 Å². The zero-order chi connectivity index (χ0) is 22.7. The normalized spacial score (nSPS) is 12.1. The van der Waals surface area contributed by atoms with Crippen LogP contribution in [0.3, 0.4) is 0 Å². The molecular weight excluding hydrogens is 410 g/mol. The van der Waals surface area contributed by atoms with Crippen molar-refractivity contribution in [1.29, 1.82) is 0 Å². The van der Waals surface area contributed by atoms with E-state index in [2.05, 4.69) is 4.98 Å². The van der Waals surface area contributed by atoms with Crippen molar-refractivity contribution in [2.24, 2.45) is 14.1 Å². The molecule has 4 aromatic rings. The third kappa shape index (κ3) is 2.49. The van der Waals surface area contributed by atoms with E-state index in [1.807, 2.05) is 12.1 Å². The van der Waals surface area contributed by atoms with Crippen LogP contribution < -0.4 is 20.7 Å². The smallest absolute Gasteiger partial charge is 0.332 e. The summed E-state index contributed by atoms with van der Waals surface area (Å²) in [7, 11) is 6.01. The average molecular weight is 429 g/mol. The molecule has 0 unspecified atom stereocenters. The fourth-order valence-corrected chi connectivity index (χ4v) is 4.31. The predicted octanol–water partition coefficient (Wildman–Crippen LogP) is 2.53. The Balaban J connectivity index is 2.02. The van der Waals surface area contributed by atoms with E-state index < -0.39 is 11.2 Å². The molecule has 0 fully saturated rings. The van der Waals surface area contributed by atoms with Gasteiger partial charge >= 0.3 is 5.69 Å². The minimum absolute atomic E-state index is 0.196. The van der Waals surface area contributed by atoms with Crippen molar-refractivity contribution in [3.05, 3.63) is 74.4 Å². The summed E-state index contributed by atoms with van der Waals surface area (Å²) in [6, 6.07) is 12.4. The van der Waals surface area contributed by atoms with Gasteiger partial charge in [-0.15, -0.1) is 0 Å². The number of carbonyl (C=O) groups is 1. The highest BCUT2D eigenvalue weighted by atomic mass is 16.5. The lowest BCUT2D eigenvalue weighted by atomic mass is 9.94. The molecule has 0 aliphatic heterocycles. The van der Waals surface area contributed by atoms with Gasteiger partial charge in [0.15, 0.2) is 22.9 Å². The Morgan fingerprint density at radius 1 is 0.812 bits per heavy atom. The summed E-state index contributed by atoms with van der Waals surface area (Å²) in [4.78, 5) is 44.0. The summed E-state index contributed by atoms with van der Waals surface area (Å²) in [5.41, 5.74) is 2.17. The number of carbonyl (C=O) groups excluding carboxylic acids is 1. The van der Waals surface area contributed by atoms with Crippen molar-refractivity contribution >= 4 is 16.8 Å². The highest BCUT2D eigenvalue weighted by Gasteiger charge is 2.34. The van der Waals surface area contributed by atoms with Crippen LogP contribution in [0.2, 0.25) is 0 Å². The molecule has 1 aliphatic carbocycles. The molecule has 5 rings (SSSR count). The zero-order valence-corrected chi connectivity index (χ0v) is 17.9. The molecule has 0 N–H and O–H groups in total. The van der Waals surface area contributed by atoms with Gasteiger partial charge < -0.3 is 9.47 Å². The quantitative estimate of drug-likeness (QED) is 0.438. The van der Waals surface area contributed by atoms with Gasteiger partial charge in [0.05, 0.1) is 30.9 Å². The molecular formula is C24H19N3O5. The fraction of sp³-hybridized carbons (Fsp3) is 0.167. The summed E-state index contributed by atoms with van der Waals surface area (Å²) in [6.07, 6.45) is 0. The molecule has 0 bridgehead atoms. The monoisotopic (exact) mass is 429 g/mol. The highest BCUT2D eigenvalue weighted by Crippen LogP contribution is 2.44. The summed E-state index contributed by atoms with van der Waals surface area (Å²) in [5, 5.41) is 0.196. The van der Waals surface area contributed by atoms with Crippen LogP contribution in [0, 0.1) is 0 Å². The number of rotatable bonds is 3. The summed E-state index contributed by atoms with van der Waals surface area (Å²) in [5.74, 6) is 0.750. The Morgan fingerprint density at radius 3 is 2.19 bits per heavy atom. The minimum Gasteiger partial charge on any atom is -0.493 e. The highest BCUT2D eigenvalue weighted by molar-refractivity contribution is 6.26. The van der Waals surface area contributed by atoms with Crippen LogP contribution >= 0.6 is 0 Å². The van der Waals surface area contributed by atoms with E-state index in [1.54, 1.807) is 37.4 Å².